The molecule has 36 heavy (non-hydrogen) atoms. The Kier molecular flexibility index (Phi) is 6.96. The van der Waals surface area contributed by atoms with E-state index in [0.717, 1.165) is 17.4 Å². The fourth-order valence-corrected chi connectivity index (χ4v) is 3.90. The third kappa shape index (κ3) is 5.83. The van der Waals surface area contributed by atoms with Crippen LogP contribution in [-0.2, 0) is 6.18 Å². The van der Waals surface area contributed by atoms with E-state index in [4.69, 9.17) is 4.52 Å². The Labute approximate surface area is 206 Å². The van der Waals surface area contributed by atoms with Gasteiger partial charge in [0.25, 0.3) is 11.8 Å². The summed E-state index contributed by atoms with van der Waals surface area (Å²) < 4.78 is 44.2. The lowest BCUT2D eigenvalue weighted by atomic mass is 10.1. The maximum Gasteiger partial charge on any atom is 0.416 e. The van der Waals surface area contributed by atoms with Crippen molar-refractivity contribution < 1.29 is 27.3 Å². The van der Waals surface area contributed by atoms with Crippen LogP contribution < -0.4 is 16.0 Å². The van der Waals surface area contributed by atoms with Crippen molar-refractivity contribution in [2.45, 2.75) is 26.1 Å². The van der Waals surface area contributed by atoms with Crippen molar-refractivity contribution in [3.05, 3.63) is 75.8 Å². The second kappa shape index (κ2) is 10.1. The van der Waals surface area contributed by atoms with Gasteiger partial charge in [-0.15, -0.1) is 11.3 Å². The van der Waals surface area contributed by atoms with E-state index in [1.807, 2.05) is 0 Å². The van der Waals surface area contributed by atoms with Gasteiger partial charge in [0.15, 0.2) is 5.82 Å². The number of benzene rings is 1. The number of halogens is 3. The van der Waals surface area contributed by atoms with Crippen LogP contribution in [0, 0.1) is 6.92 Å². The van der Waals surface area contributed by atoms with Gasteiger partial charge in [0.1, 0.15) is 34.0 Å². The normalized spacial score (nSPS) is 12.1. The molecule has 0 aliphatic heterocycles. The van der Waals surface area contributed by atoms with Crippen LogP contribution in [0.3, 0.4) is 0 Å². The highest BCUT2D eigenvalue weighted by Gasteiger charge is 2.32. The Bertz CT molecular complexity index is 1390. The van der Waals surface area contributed by atoms with Crippen LogP contribution in [0.1, 0.15) is 49.3 Å². The number of nitrogens with zero attached hydrogens (tertiary/aromatic N) is 4. The molecule has 4 rings (SSSR count). The zero-order chi connectivity index (χ0) is 25.9. The Hall–Kier alpha value is -4.33. The summed E-state index contributed by atoms with van der Waals surface area (Å²) in [5, 5.41) is 12.2. The number of alkyl halides is 3. The van der Waals surface area contributed by atoms with E-state index < -0.39 is 29.6 Å². The number of nitrogens with one attached hydrogen (secondary N) is 3. The number of thiazole rings is 1. The van der Waals surface area contributed by atoms with Gasteiger partial charge in [-0.3, -0.25) is 9.59 Å². The molecule has 0 aliphatic rings. The second-order valence-corrected chi connectivity index (χ2v) is 8.60. The maximum atomic E-state index is 13.1. The van der Waals surface area contributed by atoms with E-state index in [1.54, 1.807) is 13.0 Å². The summed E-state index contributed by atoms with van der Waals surface area (Å²) in [6.45, 7) is 3.01. The van der Waals surface area contributed by atoms with Gasteiger partial charge in [-0.05, 0) is 31.5 Å². The van der Waals surface area contributed by atoms with E-state index >= 15 is 0 Å². The van der Waals surface area contributed by atoms with Crippen molar-refractivity contribution in [3.8, 4) is 0 Å². The van der Waals surface area contributed by atoms with Gasteiger partial charge in [0.2, 0.25) is 0 Å². The molecule has 14 heteroatoms. The van der Waals surface area contributed by atoms with E-state index in [-0.39, 0.29) is 21.8 Å². The minimum atomic E-state index is -4.53. The molecule has 0 saturated heterocycles. The van der Waals surface area contributed by atoms with Gasteiger partial charge in [-0.25, -0.2) is 15.0 Å². The fraction of sp³-hybridized carbons (Fsp3) is 0.182. The fourth-order valence-electron chi connectivity index (χ4n) is 3.08. The minimum absolute atomic E-state index is 0.00743. The number of anilines is 3. The lowest BCUT2D eigenvalue weighted by molar-refractivity contribution is -0.138. The molecule has 3 aromatic heterocycles. The third-order valence-electron chi connectivity index (χ3n) is 4.86. The number of amides is 2. The summed E-state index contributed by atoms with van der Waals surface area (Å²) in [6, 6.07) is 5.98. The predicted molar refractivity (Wildman–Crippen MR) is 124 cm³/mol. The van der Waals surface area contributed by atoms with Crippen LogP contribution in [0.4, 0.5) is 30.5 Å². The maximum absolute atomic E-state index is 13.1. The first-order valence-corrected chi connectivity index (χ1v) is 11.2. The van der Waals surface area contributed by atoms with Crippen molar-refractivity contribution in [2.75, 3.05) is 10.6 Å². The van der Waals surface area contributed by atoms with Crippen molar-refractivity contribution >= 4 is 40.5 Å². The number of hydrogen-bond acceptors (Lipinski definition) is 9. The molecule has 3 heterocycles. The summed E-state index contributed by atoms with van der Waals surface area (Å²) in [5.74, 6) is -0.390. The number of rotatable bonds is 7. The second-order valence-electron chi connectivity index (χ2n) is 7.54. The molecule has 4 aromatic rings. The van der Waals surface area contributed by atoms with Gasteiger partial charge in [-0.1, -0.05) is 11.2 Å². The van der Waals surface area contributed by atoms with Crippen LogP contribution in [0.2, 0.25) is 0 Å². The summed E-state index contributed by atoms with van der Waals surface area (Å²) in [4.78, 5) is 37.5. The minimum Gasteiger partial charge on any atom is -0.363 e. The quantitative estimate of drug-likeness (QED) is 0.320. The molecular formula is C22H18F3N7O3S. The third-order valence-corrected chi connectivity index (χ3v) is 6.04. The summed E-state index contributed by atoms with van der Waals surface area (Å²) in [6.07, 6.45) is -0.654. The molecule has 0 aliphatic carbocycles. The molecule has 2 amide bonds. The first-order valence-electron chi connectivity index (χ1n) is 10.4. The van der Waals surface area contributed by atoms with Gasteiger partial charge in [-0.2, -0.15) is 13.2 Å². The topological polar surface area (TPSA) is 135 Å². The smallest absolute Gasteiger partial charge is 0.363 e. The molecule has 0 radical (unpaired) electrons. The molecule has 0 spiro atoms. The SMILES string of the molecule is Cc1ccc(NC(=O)c2cnc(C(C)NC(=O)c3cc(Nc4ccon4)ncn3)s2)cc1C(F)(F)F. The van der Waals surface area contributed by atoms with Gasteiger partial charge in [0, 0.05) is 17.8 Å². The highest BCUT2D eigenvalue weighted by molar-refractivity contribution is 7.13. The molecule has 1 aromatic carbocycles. The predicted octanol–water partition coefficient (Wildman–Crippen LogP) is 4.74. The number of aryl methyl sites for hydroxylation is 1. The molecule has 0 bridgehead atoms. The molecule has 0 saturated carbocycles. The number of carbonyl (C=O) groups excluding carboxylic acids is 2. The van der Waals surface area contributed by atoms with Crippen molar-refractivity contribution in [3.63, 3.8) is 0 Å². The summed E-state index contributed by atoms with van der Waals surface area (Å²) in [7, 11) is 0. The largest absolute Gasteiger partial charge is 0.416 e. The Balaban J connectivity index is 1.40. The first-order chi connectivity index (χ1) is 17.1. The van der Waals surface area contributed by atoms with E-state index in [1.165, 1.54) is 43.9 Å². The van der Waals surface area contributed by atoms with Gasteiger partial charge in [0.05, 0.1) is 17.8 Å². The zero-order valence-corrected chi connectivity index (χ0v) is 19.6. The number of hydrogen-bond donors (Lipinski definition) is 3. The van der Waals surface area contributed by atoms with Gasteiger partial charge < -0.3 is 20.5 Å². The van der Waals surface area contributed by atoms with Crippen molar-refractivity contribution in [1.82, 2.24) is 25.4 Å². The van der Waals surface area contributed by atoms with Crippen LogP contribution in [0.5, 0.6) is 0 Å². The zero-order valence-electron chi connectivity index (χ0n) is 18.8. The Morgan fingerprint density at radius 3 is 2.58 bits per heavy atom. The molecule has 1 atom stereocenters. The van der Waals surface area contributed by atoms with Crippen LogP contribution >= 0.6 is 11.3 Å². The highest BCUT2D eigenvalue weighted by Crippen LogP contribution is 2.33. The Morgan fingerprint density at radius 1 is 1.06 bits per heavy atom. The lowest BCUT2D eigenvalue weighted by Gasteiger charge is -2.12. The number of aromatic nitrogens is 4. The van der Waals surface area contributed by atoms with Crippen LogP contribution in [-0.4, -0.2) is 31.9 Å². The van der Waals surface area contributed by atoms with E-state index in [9.17, 15) is 22.8 Å². The number of carbonyl (C=O) groups is 2. The molecular weight excluding hydrogens is 499 g/mol. The van der Waals surface area contributed by atoms with E-state index in [0.29, 0.717) is 16.6 Å². The Morgan fingerprint density at radius 2 is 1.86 bits per heavy atom. The van der Waals surface area contributed by atoms with E-state index in [2.05, 4.69) is 36.1 Å². The molecule has 3 N–H and O–H groups in total. The monoisotopic (exact) mass is 517 g/mol. The average molecular weight is 517 g/mol. The van der Waals surface area contributed by atoms with Crippen LogP contribution in [0.15, 0.2) is 53.6 Å². The molecule has 0 fully saturated rings. The standard InChI is InChI=1S/C22H18F3N7O3S/c1-11-3-4-13(7-14(11)22(23,24)25)30-20(34)16-9-26-21(36-16)12(2)29-19(33)15-8-18(28-10-27-15)31-17-5-6-35-32-17/h3-10,12H,1-2H3,(H,29,33)(H,30,34)(H,27,28,31,32). The summed E-state index contributed by atoms with van der Waals surface area (Å²) >= 11 is 1.00. The molecule has 10 nitrogen and oxygen atoms in total. The lowest BCUT2D eigenvalue weighted by Crippen LogP contribution is -2.27. The summed E-state index contributed by atoms with van der Waals surface area (Å²) in [5.41, 5.74) is -0.689. The van der Waals surface area contributed by atoms with Crippen molar-refractivity contribution in [1.29, 1.82) is 0 Å². The first kappa shape index (κ1) is 24.8. The van der Waals surface area contributed by atoms with Gasteiger partial charge >= 0.3 is 6.18 Å². The average Bonchev–Trinajstić information content (AvgIpc) is 3.52. The van der Waals surface area contributed by atoms with Crippen LogP contribution in [0.25, 0.3) is 0 Å². The molecule has 1 unspecified atom stereocenters. The molecule has 186 valence electrons. The highest BCUT2D eigenvalue weighted by atomic mass is 32.1. The van der Waals surface area contributed by atoms with Crippen molar-refractivity contribution in [2.24, 2.45) is 0 Å².